The van der Waals surface area contributed by atoms with Crippen LogP contribution in [0.2, 0.25) is 10.0 Å². The molecule has 0 fully saturated rings. The van der Waals surface area contributed by atoms with Crippen molar-refractivity contribution in [2.24, 2.45) is 0 Å². The molecule has 0 unspecified atom stereocenters. The van der Waals surface area contributed by atoms with Gasteiger partial charge in [0, 0.05) is 35.4 Å². The average molecular weight is 618 g/mol. The molecule has 0 saturated carbocycles. The number of hydrogen-bond donors (Lipinski definition) is 1. The Balaban J connectivity index is 1.51. The third-order valence-corrected chi connectivity index (χ3v) is 6.71. The standard InChI is InChI=1S/C31H28Cl2F3N3O3/c1-41-30(40)18-37-24-9-3-22(4-10-24)19-39-20-28(26-13-8-23(32)17-27(26)33)38-29(39)14-7-21-5-11-25(12-6-21)42-16-2-15-31(34,35)36/h3-14,17,20,37H,2,15-16,18-19H2,1H3/b14-7+. The number of rotatable bonds is 12. The highest BCUT2D eigenvalue weighted by atomic mass is 35.5. The van der Waals surface area contributed by atoms with Gasteiger partial charge >= 0.3 is 12.1 Å². The predicted molar refractivity (Wildman–Crippen MR) is 160 cm³/mol. The molecular formula is C31H28Cl2F3N3O3. The summed E-state index contributed by atoms with van der Waals surface area (Å²) in [5.41, 5.74) is 4.07. The molecule has 42 heavy (non-hydrogen) atoms. The van der Waals surface area contributed by atoms with Crippen molar-refractivity contribution in [3.8, 4) is 17.0 Å². The van der Waals surface area contributed by atoms with Crippen LogP contribution in [-0.2, 0) is 16.1 Å². The SMILES string of the molecule is COC(=O)CNc1ccc(Cn2cc(-c3ccc(Cl)cc3Cl)nc2/C=C/c2ccc(OCCCC(F)(F)F)cc2)cc1. The molecule has 1 N–H and O–H groups in total. The number of nitrogens with one attached hydrogen (secondary N) is 1. The molecule has 0 amide bonds. The number of esters is 1. The Hall–Kier alpha value is -3.95. The van der Waals surface area contributed by atoms with Crippen LogP contribution < -0.4 is 10.1 Å². The molecular weight excluding hydrogens is 590 g/mol. The van der Waals surface area contributed by atoms with E-state index in [2.05, 4.69) is 10.1 Å². The Labute approximate surface area is 251 Å². The molecule has 0 aliphatic carbocycles. The van der Waals surface area contributed by atoms with Crippen LogP contribution in [0.3, 0.4) is 0 Å². The fraction of sp³-hybridized carbons (Fsp3) is 0.226. The van der Waals surface area contributed by atoms with E-state index in [1.807, 2.05) is 65.4 Å². The number of carbonyl (C=O) groups is 1. The highest BCUT2D eigenvalue weighted by Crippen LogP contribution is 2.30. The fourth-order valence-electron chi connectivity index (χ4n) is 4.00. The maximum absolute atomic E-state index is 12.3. The summed E-state index contributed by atoms with van der Waals surface area (Å²) >= 11 is 12.5. The van der Waals surface area contributed by atoms with Gasteiger partial charge in [-0.15, -0.1) is 0 Å². The van der Waals surface area contributed by atoms with E-state index in [1.54, 1.807) is 24.3 Å². The largest absolute Gasteiger partial charge is 0.494 e. The van der Waals surface area contributed by atoms with Gasteiger partial charge in [-0.05, 0) is 66.1 Å². The number of imidazole rings is 1. The van der Waals surface area contributed by atoms with Crippen LogP contribution in [-0.4, -0.2) is 42.0 Å². The van der Waals surface area contributed by atoms with Gasteiger partial charge in [0.15, 0.2) is 0 Å². The second-order valence-corrected chi connectivity index (χ2v) is 10.2. The van der Waals surface area contributed by atoms with Crippen molar-refractivity contribution >= 4 is 47.0 Å². The maximum Gasteiger partial charge on any atom is 0.389 e. The molecule has 0 spiro atoms. The zero-order chi connectivity index (χ0) is 30.1. The number of hydrogen-bond acceptors (Lipinski definition) is 5. The third-order valence-electron chi connectivity index (χ3n) is 6.16. The van der Waals surface area contributed by atoms with Gasteiger partial charge in [-0.2, -0.15) is 13.2 Å². The average Bonchev–Trinajstić information content (AvgIpc) is 3.35. The van der Waals surface area contributed by atoms with Gasteiger partial charge in [-0.3, -0.25) is 4.79 Å². The Morgan fingerprint density at radius 3 is 2.43 bits per heavy atom. The van der Waals surface area contributed by atoms with E-state index in [0.29, 0.717) is 33.9 Å². The zero-order valence-electron chi connectivity index (χ0n) is 22.6. The van der Waals surface area contributed by atoms with Crippen LogP contribution in [0.1, 0.15) is 29.8 Å². The number of methoxy groups -OCH3 is 1. The van der Waals surface area contributed by atoms with E-state index in [-0.39, 0.29) is 25.5 Å². The van der Waals surface area contributed by atoms with Crippen LogP contribution in [0.25, 0.3) is 23.4 Å². The molecule has 0 aliphatic heterocycles. The molecule has 1 heterocycles. The first-order valence-corrected chi connectivity index (χ1v) is 13.7. The van der Waals surface area contributed by atoms with Gasteiger partial charge in [0.2, 0.25) is 0 Å². The number of benzene rings is 3. The molecule has 6 nitrogen and oxygen atoms in total. The molecule has 11 heteroatoms. The van der Waals surface area contributed by atoms with Gasteiger partial charge in [0.1, 0.15) is 18.1 Å². The molecule has 3 aromatic carbocycles. The molecule has 0 bridgehead atoms. The minimum absolute atomic E-state index is 0.00944. The molecule has 0 radical (unpaired) electrons. The minimum Gasteiger partial charge on any atom is -0.494 e. The predicted octanol–water partition coefficient (Wildman–Crippen LogP) is 8.38. The van der Waals surface area contributed by atoms with E-state index in [1.165, 1.54) is 7.11 Å². The van der Waals surface area contributed by atoms with Crippen molar-refractivity contribution in [1.29, 1.82) is 0 Å². The topological polar surface area (TPSA) is 65.4 Å². The normalized spacial score (nSPS) is 11.6. The number of anilines is 1. The molecule has 220 valence electrons. The maximum atomic E-state index is 12.3. The minimum atomic E-state index is -4.19. The Morgan fingerprint density at radius 2 is 1.76 bits per heavy atom. The van der Waals surface area contributed by atoms with Crippen LogP contribution in [0.15, 0.2) is 72.9 Å². The van der Waals surface area contributed by atoms with Gasteiger partial charge < -0.3 is 19.4 Å². The second kappa shape index (κ2) is 14.3. The van der Waals surface area contributed by atoms with E-state index in [0.717, 1.165) is 22.4 Å². The van der Waals surface area contributed by atoms with Gasteiger partial charge in [0.05, 0.1) is 24.4 Å². The Kier molecular flexibility index (Phi) is 10.5. The van der Waals surface area contributed by atoms with Crippen molar-refractivity contribution in [3.05, 3.63) is 99.9 Å². The quantitative estimate of drug-likeness (QED) is 0.128. The molecule has 4 rings (SSSR count). The summed E-state index contributed by atoms with van der Waals surface area (Å²) in [4.78, 5) is 16.2. The first kappa shape index (κ1) is 31.0. The van der Waals surface area contributed by atoms with Crippen LogP contribution >= 0.6 is 23.2 Å². The lowest BCUT2D eigenvalue weighted by molar-refractivity contribution is -0.138. The lowest BCUT2D eigenvalue weighted by atomic mass is 10.1. The molecule has 0 saturated heterocycles. The Morgan fingerprint density at radius 1 is 1.02 bits per heavy atom. The summed E-state index contributed by atoms with van der Waals surface area (Å²) in [5.74, 6) is 0.821. The third kappa shape index (κ3) is 9.29. The van der Waals surface area contributed by atoms with Crippen LogP contribution in [0.4, 0.5) is 18.9 Å². The fourth-order valence-corrected chi connectivity index (χ4v) is 4.50. The van der Waals surface area contributed by atoms with E-state index in [9.17, 15) is 18.0 Å². The van der Waals surface area contributed by atoms with Crippen molar-refractivity contribution in [2.45, 2.75) is 25.6 Å². The van der Waals surface area contributed by atoms with Gasteiger partial charge in [-0.25, -0.2) is 4.98 Å². The van der Waals surface area contributed by atoms with Crippen LogP contribution in [0, 0.1) is 0 Å². The zero-order valence-corrected chi connectivity index (χ0v) is 24.1. The molecule has 4 aromatic rings. The van der Waals surface area contributed by atoms with Gasteiger partial charge in [0.25, 0.3) is 0 Å². The summed E-state index contributed by atoms with van der Waals surface area (Å²) in [6, 6.07) is 20.0. The molecule has 1 aromatic heterocycles. The summed E-state index contributed by atoms with van der Waals surface area (Å²) in [5, 5.41) is 4.02. The number of halogens is 5. The number of carbonyl (C=O) groups excluding carboxylic acids is 1. The number of ether oxygens (including phenoxy) is 2. The second-order valence-electron chi connectivity index (χ2n) is 9.33. The van der Waals surface area contributed by atoms with Crippen molar-refractivity contribution in [3.63, 3.8) is 0 Å². The first-order chi connectivity index (χ1) is 20.1. The van der Waals surface area contributed by atoms with Crippen molar-refractivity contribution in [1.82, 2.24) is 9.55 Å². The number of aromatic nitrogens is 2. The summed E-state index contributed by atoms with van der Waals surface area (Å²) in [7, 11) is 1.34. The highest BCUT2D eigenvalue weighted by Gasteiger charge is 2.26. The smallest absolute Gasteiger partial charge is 0.389 e. The van der Waals surface area contributed by atoms with E-state index in [4.69, 9.17) is 32.9 Å². The van der Waals surface area contributed by atoms with E-state index >= 15 is 0 Å². The highest BCUT2D eigenvalue weighted by molar-refractivity contribution is 6.36. The summed E-state index contributed by atoms with van der Waals surface area (Å²) in [6.45, 7) is 0.576. The first-order valence-electron chi connectivity index (χ1n) is 13.0. The van der Waals surface area contributed by atoms with Crippen molar-refractivity contribution in [2.75, 3.05) is 25.6 Å². The number of nitrogens with zero attached hydrogens (tertiary/aromatic N) is 2. The molecule has 0 aliphatic rings. The van der Waals surface area contributed by atoms with Crippen LogP contribution in [0.5, 0.6) is 5.75 Å². The molecule has 0 atom stereocenters. The monoisotopic (exact) mass is 617 g/mol. The number of alkyl halides is 3. The summed E-state index contributed by atoms with van der Waals surface area (Å²) < 4.78 is 49.1. The van der Waals surface area contributed by atoms with Crippen molar-refractivity contribution < 1.29 is 27.4 Å². The Bertz CT molecular complexity index is 1520. The lowest BCUT2D eigenvalue weighted by Gasteiger charge is -2.09. The van der Waals surface area contributed by atoms with E-state index < -0.39 is 12.6 Å². The van der Waals surface area contributed by atoms with Gasteiger partial charge in [-0.1, -0.05) is 53.5 Å². The summed E-state index contributed by atoms with van der Waals surface area (Å²) in [6.07, 6.45) is 0.518. The lowest BCUT2D eigenvalue weighted by Crippen LogP contribution is -2.14.